The van der Waals surface area contributed by atoms with Crippen molar-refractivity contribution in [3.63, 3.8) is 0 Å². The first-order valence-electron chi connectivity index (χ1n) is 7.94. The Kier molecular flexibility index (Phi) is 3.97. The van der Waals surface area contributed by atoms with E-state index in [2.05, 4.69) is 24.8 Å². The van der Waals surface area contributed by atoms with Gasteiger partial charge in [-0.05, 0) is 29.7 Å². The number of methoxy groups -OCH3 is 1. The Bertz CT molecular complexity index is 886. The molecule has 0 spiro atoms. The van der Waals surface area contributed by atoms with E-state index < -0.39 is 0 Å². The highest BCUT2D eigenvalue weighted by molar-refractivity contribution is 5.51. The minimum atomic E-state index is -0.211. The molecule has 0 bridgehead atoms. The summed E-state index contributed by atoms with van der Waals surface area (Å²) in [7, 11) is 1.54. The Labute approximate surface area is 144 Å². The Morgan fingerprint density at radius 2 is 1.92 bits per heavy atom. The van der Waals surface area contributed by atoms with Crippen molar-refractivity contribution in [1.82, 2.24) is 19.9 Å². The molecule has 0 radical (unpaired) electrons. The van der Waals surface area contributed by atoms with Crippen LogP contribution in [-0.2, 0) is 13.0 Å². The highest BCUT2D eigenvalue weighted by Crippen LogP contribution is 2.28. The van der Waals surface area contributed by atoms with Crippen molar-refractivity contribution in [2.24, 2.45) is 0 Å². The largest absolute Gasteiger partial charge is 0.497 e. The predicted molar refractivity (Wildman–Crippen MR) is 90.8 cm³/mol. The highest BCUT2D eigenvalue weighted by Gasteiger charge is 2.21. The van der Waals surface area contributed by atoms with Crippen LogP contribution in [0.4, 0.5) is 10.2 Å². The zero-order valence-corrected chi connectivity index (χ0v) is 13.7. The molecule has 25 heavy (non-hydrogen) atoms. The quantitative estimate of drug-likeness (QED) is 0.732. The van der Waals surface area contributed by atoms with Gasteiger partial charge in [-0.2, -0.15) is 0 Å². The van der Waals surface area contributed by atoms with Gasteiger partial charge >= 0.3 is 0 Å². The van der Waals surface area contributed by atoms with Crippen LogP contribution in [0.3, 0.4) is 0 Å². The summed E-state index contributed by atoms with van der Waals surface area (Å²) in [5, 5.41) is 0. The third kappa shape index (κ3) is 3.00. The van der Waals surface area contributed by atoms with Crippen molar-refractivity contribution in [3.8, 4) is 17.3 Å². The number of nitrogens with zero attached hydrogens (tertiary/aromatic N) is 5. The normalized spacial score (nSPS) is 13.4. The van der Waals surface area contributed by atoms with Crippen LogP contribution in [-0.4, -0.2) is 33.6 Å². The third-order valence-corrected chi connectivity index (χ3v) is 4.25. The molecule has 0 saturated carbocycles. The fourth-order valence-electron chi connectivity index (χ4n) is 2.96. The number of aromatic nitrogens is 4. The highest BCUT2D eigenvalue weighted by atomic mass is 19.1. The second-order valence-corrected chi connectivity index (χ2v) is 5.75. The molecular formula is C18H16FN5O. The Morgan fingerprint density at radius 3 is 2.64 bits per heavy atom. The maximum atomic E-state index is 14.1. The predicted octanol–water partition coefficient (Wildman–Crippen LogP) is 2.64. The summed E-state index contributed by atoms with van der Waals surface area (Å²) < 4.78 is 19.3. The van der Waals surface area contributed by atoms with Crippen molar-refractivity contribution in [2.75, 3.05) is 18.6 Å². The zero-order valence-electron chi connectivity index (χ0n) is 13.7. The summed E-state index contributed by atoms with van der Waals surface area (Å²) in [6.07, 6.45) is 7.32. The summed E-state index contributed by atoms with van der Waals surface area (Å²) in [5.41, 5.74) is 2.29. The van der Waals surface area contributed by atoms with Gasteiger partial charge in [0.15, 0.2) is 5.82 Å². The van der Waals surface area contributed by atoms with E-state index in [-0.39, 0.29) is 5.82 Å². The number of halogens is 1. The van der Waals surface area contributed by atoms with Gasteiger partial charge in [0.25, 0.3) is 0 Å². The van der Waals surface area contributed by atoms with Gasteiger partial charge in [-0.1, -0.05) is 0 Å². The Hall–Kier alpha value is -3.09. The number of benzene rings is 1. The molecule has 1 aliphatic rings. The monoisotopic (exact) mass is 337 g/mol. The van der Waals surface area contributed by atoms with Gasteiger partial charge < -0.3 is 9.64 Å². The van der Waals surface area contributed by atoms with Crippen molar-refractivity contribution < 1.29 is 9.13 Å². The fourth-order valence-corrected chi connectivity index (χ4v) is 2.96. The first kappa shape index (κ1) is 15.4. The van der Waals surface area contributed by atoms with Crippen molar-refractivity contribution in [2.45, 2.75) is 13.0 Å². The van der Waals surface area contributed by atoms with Crippen LogP contribution in [0.1, 0.15) is 11.1 Å². The number of hydrogen-bond acceptors (Lipinski definition) is 6. The SMILES string of the molecule is COc1cc(F)c2c(c1)CN(c1cnc(-c3ncccn3)cn1)CC2. The molecule has 2 aromatic heterocycles. The standard InChI is InChI=1S/C18H16FN5O/c1-25-13-7-12-11-24(6-3-14(12)15(19)8-13)17-10-22-16(9-23-17)18-20-4-2-5-21-18/h2,4-5,7-10H,3,6,11H2,1H3. The number of hydrogen-bond donors (Lipinski definition) is 0. The summed E-state index contributed by atoms with van der Waals surface area (Å²) in [4.78, 5) is 19.3. The van der Waals surface area contributed by atoms with Crippen LogP contribution in [0.2, 0.25) is 0 Å². The van der Waals surface area contributed by atoms with E-state index in [1.54, 1.807) is 30.9 Å². The lowest BCUT2D eigenvalue weighted by Crippen LogP contribution is -2.31. The molecule has 0 N–H and O–H groups in total. The maximum absolute atomic E-state index is 14.1. The van der Waals surface area contributed by atoms with E-state index in [1.807, 2.05) is 6.07 Å². The Balaban J connectivity index is 1.58. The van der Waals surface area contributed by atoms with Crippen LogP contribution >= 0.6 is 0 Å². The molecule has 6 nitrogen and oxygen atoms in total. The zero-order chi connectivity index (χ0) is 17.2. The average molecular weight is 337 g/mol. The van der Waals surface area contributed by atoms with Crippen molar-refractivity contribution in [1.29, 1.82) is 0 Å². The summed E-state index contributed by atoms with van der Waals surface area (Å²) in [6, 6.07) is 5.07. The van der Waals surface area contributed by atoms with Crippen molar-refractivity contribution in [3.05, 3.63) is 59.9 Å². The van der Waals surface area contributed by atoms with E-state index in [9.17, 15) is 4.39 Å². The molecular weight excluding hydrogens is 321 g/mol. The van der Waals surface area contributed by atoms with Gasteiger partial charge in [0.05, 0.1) is 19.5 Å². The molecule has 3 heterocycles. The smallest absolute Gasteiger partial charge is 0.179 e. The number of fused-ring (bicyclic) bond motifs is 1. The van der Waals surface area contributed by atoms with Crippen LogP contribution < -0.4 is 9.64 Å². The molecule has 0 saturated heterocycles. The molecule has 126 valence electrons. The van der Waals surface area contributed by atoms with Gasteiger partial charge in [-0.25, -0.2) is 24.3 Å². The molecule has 7 heteroatoms. The van der Waals surface area contributed by atoms with Crippen LogP contribution in [0.25, 0.3) is 11.5 Å². The molecule has 0 amide bonds. The number of ether oxygens (including phenoxy) is 1. The molecule has 0 atom stereocenters. The Morgan fingerprint density at radius 1 is 1.08 bits per heavy atom. The number of rotatable bonds is 3. The minimum Gasteiger partial charge on any atom is -0.497 e. The van der Waals surface area contributed by atoms with Gasteiger partial charge in [0.1, 0.15) is 23.1 Å². The van der Waals surface area contributed by atoms with E-state index in [4.69, 9.17) is 4.74 Å². The van der Waals surface area contributed by atoms with Crippen molar-refractivity contribution >= 4 is 5.82 Å². The molecule has 1 aromatic carbocycles. The molecule has 1 aliphatic heterocycles. The molecule has 4 rings (SSSR count). The van der Waals surface area contributed by atoms with E-state index in [0.29, 0.717) is 36.8 Å². The van der Waals surface area contributed by atoms with Crippen LogP contribution in [0, 0.1) is 5.82 Å². The van der Waals surface area contributed by atoms with E-state index in [0.717, 1.165) is 16.9 Å². The molecule has 3 aromatic rings. The summed E-state index contributed by atoms with van der Waals surface area (Å²) in [5.74, 6) is 1.60. The van der Waals surface area contributed by atoms with E-state index in [1.165, 1.54) is 13.2 Å². The first-order chi connectivity index (χ1) is 12.2. The minimum absolute atomic E-state index is 0.211. The average Bonchev–Trinajstić information content (AvgIpc) is 2.68. The number of anilines is 1. The van der Waals surface area contributed by atoms with Crippen LogP contribution in [0.15, 0.2) is 43.0 Å². The van der Waals surface area contributed by atoms with Gasteiger partial charge in [0, 0.05) is 31.5 Å². The molecule has 0 unspecified atom stereocenters. The molecule has 0 fully saturated rings. The summed E-state index contributed by atoms with van der Waals surface area (Å²) >= 11 is 0. The lowest BCUT2D eigenvalue weighted by Gasteiger charge is -2.30. The maximum Gasteiger partial charge on any atom is 0.179 e. The van der Waals surface area contributed by atoms with Crippen LogP contribution in [0.5, 0.6) is 5.75 Å². The van der Waals surface area contributed by atoms with E-state index >= 15 is 0 Å². The first-order valence-corrected chi connectivity index (χ1v) is 7.94. The third-order valence-electron chi connectivity index (χ3n) is 4.25. The van der Waals surface area contributed by atoms with Gasteiger partial charge in [-0.3, -0.25) is 0 Å². The lowest BCUT2D eigenvalue weighted by atomic mass is 9.99. The topological polar surface area (TPSA) is 64.0 Å². The molecule has 0 aliphatic carbocycles. The lowest BCUT2D eigenvalue weighted by molar-refractivity contribution is 0.409. The second-order valence-electron chi connectivity index (χ2n) is 5.75. The fraction of sp³-hybridized carbons (Fsp3) is 0.222. The van der Waals surface area contributed by atoms with Gasteiger partial charge in [0.2, 0.25) is 0 Å². The second kappa shape index (κ2) is 6.43. The summed E-state index contributed by atoms with van der Waals surface area (Å²) in [6.45, 7) is 1.26. The van der Waals surface area contributed by atoms with Gasteiger partial charge in [-0.15, -0.1) is 0 Å².